The van der Waals surface area contributed by atoms with Crippen LogP contribution in [0.25, 0.3) is 0 Å². The Morgan fingerprint density at radius 3 is 1.47 bits per heavy atom. The summed E-state index contributed by atoms with van der Waals surface area (Å²) in [6.07, 6.45) is -2.74. The van der Waals surface area contributed by atoms with Crippen LogP contribution in [-0.4, -0.2) is 75.1 Å². The molecule has 0 heterocycles. The van der Waals surface area contributed by atoms with Gasteiger partial charge in [0, 0.05) is 0 Å². The van der Waals surface area contributed by atoms with E-state index in [1.165, 1.54) is 0 Å². The summed E-state index contributed by atoms with van der Waals surface area (Å²) in [6.45, 7) is 0. The lowest BCUT2D eigenvalue weighted by molar-refractivity contribution is -0.572. The normalized spacial score (nSPS) is 17.0. The maximum absolute atomic E-state index is 8.86. The van der Waals surface area contributed by atoms with Crippen molar-refractivity contribution in [3.8, 4) is 0 Å². The van der Waals surface area contributed by atoms with Crippen LogP contribution < -0.4 is 5.73 Å². The van der Waals surface area contributed by atoms with Crippen molar-refractivity contribution < 1.29 is 46.2 Å². The van der Waals surface area contributed by atoms with E-state index in [1.807, 2.05) is 0 Å². The molecule has 0 spiro atoms. The highest BCUT2D eigenvalue weighted by Gasteiger charge is 2.67. The van der Waals surface area contributed by atoms with E-state index < -0.39 is 28.9 Å². The van der Waals surface area contributed by atoms with Gasteiger partial charge in [-0.15, -0.1) is 0 Å². The molecule has 15 heavy (non-hydrogen) atoms. The summed E-state index contributed by atoms with van der Waals surface area (Å²) in [6, 6.07) is 0. The third-order valence-electron chi connectivity index (χ3n) is 1.67. The number of hydroxylamine groups is 2. The predicted molar refractivity (Wildman–Crippen MR) is 37.1 cm³/mol. The van der Waals surface area contributed by atoms with Crippen molar-refractivity contribution in [1.29, 1.82) is 0 Å². The third-order valence-corrected chi connectivity index (χ3v) is 1.67. The van der Waals surface area contributed by atoms with E-state index in [9.17, 15) is 0 Å². The summed E-state index contributed by atoms with van der Waals surface area (Å²) < 4.78 is 0. The van der Waals surface area contributed by atoms with Crippen molar-refractivity contribution in [1.82, 2.24) is 5.23 Å². The molecule has 0 aromatic heterocycles. The highest BCUT2D eigenvalue weighted by molar-refractivity contribution is 4.93. The van der Waals surface area contributed by atoms with Crippen LogP contribution >= 0.6 is 0 Å². The quantitative estimate of drug-likeness (QED) is 0.163. The number of aliphatic hydroxyl groups excluding tert-OH is 1. The molecule has 0 bridgehead atoms. The molecule has 11 N–H and O–H groups in total. The molecule has 0 aromatic rings. The second-order valence-corrected chi connectivity index (χ2v) is 2.77. The molecule has 0 aromatic carbocycles. The summed E-state index contributed by atoms with van der Waals surface area (Å²) >= 11 is 0. The molecule has 11 nitrogen and oxygen atoms in total. The minimum Gasteiger partial charge on any atom is -0.373 e. The first-order valence-electron chi connectivity index (χ1n) is 3.35. The summed E-state index contributed by atoms with van der Waals surface area (Å²) in [4.78, 5) is 0. The number of nitrogens with two attached hydrogens (primary N) is 1. The highest BCUT2D eigenvalue weighted by atomic mass is 16.9. The highest BCUT2D eigenvalue weighted by Crippen LogP contribution is 2.29. The molecule has 92 valence electrons. The second-order valence-electron chi connectivity index (χ2n) is 2.77. The standard InChI is InChI=1S/C4H12N2O9/c5-1(7)2(8,9)3(10,11)4(12,13)6(14)15/h1,7-15H,5H2. The van der Waals surface area contributed by atoms with Gasteiger partial charge in [0.25, 0.3) is 11.6 Å². The molecule has 1 atom stereocenters. The number of hydrogen-bond acceptors (Lipinski definition) is 11. The molecule has 0 saturated heterocycles. The van der Waals surface area contributed by atoms with Gasteiger partial charge in [0.05, 0.1) is 0 Å². The van der Waals surface area contributed by atoms with E-state index in [0.717, 1.165) is 0 Å². The van der Waals surface area contributed by atoms with Crippen LogP contribution in [0.3, 0.4) is 0 Å². The topological polar surface area (TPSA) is 211 Å². The van der Waals surface area contributed by atoms with Crippen LogP contribution in [0.4, 0.5) is 0 Å². The van der Waals surface area contributed by atoms with Crippen molar-refractivity contribution in [3.05, 3.63) is 0 Å². The Morgan fingerprint density at radius 1 is 0.933 bits per heavy atom. The second kappa shape index (κ2) is 3.85. The number of nitrogens with zero attached hydrogens (tertiary/aromatic N) is 1. The molecule has 0 aliphatic heterocycles. The zero-order valence-electron chi connectivity index (χ0n) is 7.13. The Kier molecular flexibility index (Phi) is 3.74. The number of hydrogen-bond donors (Lipinski definition) is 10. The van der Waals surface area contributed by atoms with Gasteiger partial charge in [-0.2, -0.15) is 0 Å². The molecule has 0 rings (SSSR count). The third kappa shape index (κ3) is 2.07. The van der Waals surface area contributed by atoms with Crippen molar-refractivity contribution in [2.24, 2.45) is 5.73 Å². The first kappa shape index (κ1) is 14.6. The molecule has 1 unspecified atom stereocenters. The van der Waals surface area contributed by atoms with Crippen LogP contribution in [0.15, 0.2) is 0 Å². The van der Waals surface area contributed by atoms with E-state index in [-0.39, 0.29) is 0 Å². The Hall–Kier alpha value is -0.440. The van der Waals surface area contributed by atoms with Gasteiger partial charge in [-0.25, -0.2) is 0 Å². The van der Waals surface area contributed by atoms with Crippen LogP contribution in [0.2, 0.25) is 0 Å². The van der Waals surface area contributed by atoms with E-state index in [2.05, 4.69) is 5.73 Å². The van der Waals surface area contributed by atoms with Gasteiger partial charge >= 0.3 is 5.91 Å². The van der Waals surface area contributed by atoms with Crippen LogP contribution in [0, 0.1) is 0 Å². The molecular formula is C4H12N2O9. The van der Waals surface area contributed by atoms with Crippen molar-refractivity contribution in [3.63, 3.8) is 0 Å². The van der Waals surface area contributed by atoms with Crippen LogP contribution in [-0.2, 0) is 0 Å². The molecule has 0 aliphatic rings. The molecule has 0 amide bonds. The van der Waals surface area contributed by atoms with E-state index in [4.69, 9.17) is 46.2 Å². The fourth-order valence-corrected chi connectivity index (χ4v) is 0.592. The van der Waals surface area contributed by atoms with Crippen molar-refractivity contribution in [2.45, 2.75) is 23.7 Å². The largest absolute Gasteiger partial charge is 0.373 e. The summed E-state index contributed by atoms with van der Waals surface area (Å²) in [5.74, 6) is -12.8. The van der Waals surface area contributed by atoms with Crippen LogP contribution in [0.5, 0.6) is 0 Å². The van der Waals surface area contributed by atoms with Gasteiger partial charge in [-0.1, -0.05) is 0 Å². The van der Waals surface area contributed by atoms with E-state index in [1.54, 1.807) is 0 Å². The summed E-state index contributed by atoms with van der Waals surface area (Å²) in [5, 5.41) is 76.1. The smallest absolute Gasteiger partial charge is 0.333 e. The average Bonchev–Trinajstić information content (AvgIpc) is 2.02. The molecular weight excluding hydrogens is 220 g/mol. The Bertz CT molecular complexity index is 202. The van der Waals surface area contributed by atoms with Crippen molar-refractivity contribution >= 4 is 0 Å². The summed E-state index contributed by atoms with van der Waals surface area (Å²) in [5.41, 5.74) is 4.48. The lowest BCUT2D eigenvalue weighted by Crippen LogP contribution is -2.77. The first-order valence-corrected chi connectivity index (χ1v) is 3.35. The number of aliphatic hydroxyl groups is 7. The zero-order valence-corrected chi connectivity index (χ0v) is 7.13. The fourth-order valence-electron chi connectivity index (χ4n) is 0.592. The Labute approximate surface area is 82.0 Å². The van der Waals surface area contributed by atoms with Crippen LogP contribution in [0.1, 0.15) is 0 Å². The Balaban J connectivity index is 5.30. The predicted octanol–water partition coefficient (Wildman–Crippen LogP) is -5.66. The SMILES string of the molecule is NC(O)C(O)(O)C(O)(O)C(O)(O)N(O)O. The molecule has 0 aliphatic carbocycles. The molecule has 0 radical (unpaired) electrons. The van der Waals surface area contributed by atoms with Gasteiger partial charge in [0.15, 0.2) is 6.23 Å². The van der Waals surface area contributed by atoms with Gasteiger partial charge in [-0.05, 0) is 5.23 Å². The zero-order chi connectivity index (χ0) is 12.7. The minimum atomic E-state index is -4.39. The maximum atomic E-state index is 8.86. The lowest BCUT2D eigenvalue weighted by atomic mass is 10.0. The van der Waals surface area contributed by atoms with Gasteiger partial charge < -0.3 is 41.5 Å². The van der Waals surface area contributed by atoms with E-state index >= 15 is 0 Å². The van der Waals surface area contributed by atoms with Gasteiger partial charge in [0.1, 0.15) is 0 Å². The molecule has 0 fully saturated rings. The minimum absolute atomic E-state index is 1.53. The van der Waals surface area contributed by atoms with E-state index in [0.29, 0.717) is 0 Å². The maximum Gasteiger partial charge on any atom is 0.333 e. The van der Waals surface area contributed by atoms with Gasteiger partial charge in [0.2, 0.25) is 0 Å². The van der Waals surface area contributed by atoms with Gasteiger partial charge in [-0.3, -0.25) is 10.4 Å². The molecule has 0 saturated carbocycles. The Morgan fingerprint density at radius 2 is 1.27 bits per heavy atom. The van der Waals surface area contributed by atoms with Crippen molar-refractivity contribution in [2.75, 3.05) is 0 Å². The lowest BCUT2D eigenvalue weighted by Gasteiger charge is -2.43. The number of rotatable bonds is 4. The molecule has 11 heteroatoms. The summed E-state index contributed by atoms with van der Waals surface area (Å²) in [7, 11) is 0. The monoisotopic (exact) mass is 232 g/mol. The first-order chi connectivity index (χ1) is 6.39. The fraction of sp³-hybridized carbons (Fsp3) is 1.00. The average molecular weight is 232 g/mol.